The summed E-state index contributed by atoms with van der Waals surface area (Å²) in [6.45, 7) is 4.76. The Morgan fingerprint density at radius 1 is 1.35 bits per heavy atom. The third kappa shape index (κ3) is 2.21. The first kappa shape index (κ1) is 13.0. The molecule has 0 aromatic rings. The summed E-state index contributed by atoms with van der Waals surface area (Å²) in [6.07, 6.45) is 0. The summed E-state index contributed by atoms with van der Waals surface area (Å²) < 4.78 is 4.66. The number of ether oxygens (including phenoxy) is 1. The minimum Gasteiger partial charge on any atom is -0.468 e. The molecular weight excluding hydrogens is 220 g/mol. The number of Topliss-reactive ketones (excluding diaryl/α,β-unsaturated/α-hetero) is 1. The topological polar surface area (TPSA) is 79.2 Å². The minimum absolute atomic E-state index is 0.229. The summed E-state index contributed by atoms with van der Waals surface area (Å²) in [4.78, 5) is 23.3. The van der Waals surface area contributed by atoms with E-state index in [0.717, 1.165) is 0 Å². The summed E-state index contributed by atoms with van der Waals surface area (Å²) in [5.41, 5.74) is 1.68. The maximum absolute atomic E-state index is 11.7. The van der Waals surface area contributed by atoms with Crippen LogP contribution < -0.4 is 5.32 Å². The molecule has 1 atom stereocenters. The van der Waals surface area contributed by atoms with Gasteiger partial charge in [0.25, 0.3) is 0 Å². The number of rotatable bonds is 2. The van der Waals surface area contributed by atoms with Crippen molar-refractivity contribution >= 4 is 11.8 Å². The van der Waals surface area contributed by atoms with Gasteiger partial charge < -0.3 is 10.1 Å². The van der Waals surface area contributed by atoms with E-state index in [1.807, 2.05) is 6.07 Å². The maximum Gasteiger partial charge on any atom is 0.318 e. The molecule has 0 spiro atoms. The van der Waals surface area contributed by atoms with E-state index in [0.29, 0.717) is 17.0 Å². The van der Waals surface area contributed by atoms with Gasteiger partial charge in [0.05, 0.1) is 18.8 Å². The summed E-state index contributed by atoms with van der Waals surface area (Å²) in [6, 6.07) is 1.95. The van der Waals surface area contributed by atoms with Gasteiger partial charge in [0.2, 0.25) is 0 Å². The molecular formula is C12H14N2O3. The van der Waals surface area contributed by atoms with Gasteiger partial charge in [-0.05, 0) is 20.8 Å². The van der Waals surface area contributed by atoms with Crippen LogP contribution in [-0.2, 0) is 14.3 Å². The highest BCUT2D eigenvalue weighted by atomic mass is 16.5. The second-order valence-corrected chi connectivity index (χ2v) is 3.83. The fourth-order valence-electron chi connectivity index (χ4n) is 1.96. The van der Waals surface area contributed by atoms with E-state index in [1.165, 1.54) is 14.0 Å². The van der Waals surface area contributed by atoms with Crippen LogP contribution in [0.4, 0.5) is 0 Å². The van der Waals surface area contributed by atoms with Gasteiger partial charge in [-0.25, -0.2) is 0 Å². The third-order valence-electron chi connectivity index (χ3n) is 2.70. The smallest absolute Gasteiger partial charge is 0.318 e. The van der Waals surface area contributed by atoms with E-state index < -0.39 is 11.9 Å². The van der Waals surface area contributed by atoms with Gasteiger partial charge in [-0.1, -0.05) is 0 Å². The number of carbonyl (C=O) groups is 2. The second-order valence-electron chi connectivity index (χ2n) is 3.83. The van der Waals surface area contributed by atoms with Crippen molar-refractivity contribution < 1.29 is 14.3 Å². The van der Waals surface area contributed by atoms with E-state index in [2.05, 4.69) is 10.1 Å². The fraction of sp³-hybridized carbons (Fsp3) is 0.417. The van der Waals surface area contributed by atoms with E-state index >= 15 is 0 Å². The van der Waals surface area contributed by atoms with Crippen molar-refractivity contribution in [2.24, 2.45) is 5.92 Å². The molecule has 0 amide bonds. The molecule has 0 bridgehead atoms. The van der Waals surface area contributed by atoms with Gasteiger partial charge >= 0.3 is 5.97 Å². The van der Waals surface area contributed by atoms with Gasteiger partial charge in [-0.15, -0.1) is 0 Å². The van der Waals surface area contributed by atoms with Gasteiger partial charge in [0.1, 0.15) is 5.92 Å². The third-order valence-corrected chi connectivity index (χ3v) is 2.70. The Bertz CT molecular complexity index is 480. The van der Waals surface area contributed by atoms with Crippen molar-refractivity contribution in [1.29, 1.82) is 5.26 Å². The first-order valence-corrected chi connectivity index (χ1v) is 5.11. The highest BCUT2D eigenvalue weighted by molar-refractivity contribution is 6.01. The van der Waals surface area contributed by atoms with Crippen molar-refractivity contribution in [2.45, 2.75) is 20.8 Å². The Hall–Kier alpha value is -2.09. The molecule has 0 aromatic carbocycles. The number of nitrogens with zero attached hydrogens (tertiary/aromatic N) is 1. The zero-order chi connectivity index (χ0) is 13.2. The number of hydrogen-bond donors (Lipinski definition) is 1. The van der Waals surface area contributed by atoms with Crippen molar-refractivity contribution in [3.05, 3.63) is 22.5 Å². The number of dihydropyridines is 1. The first-order valence-electron chi connectivity index (χ1n) is 5.11. The van der Waals surface area contributed by atoms with Crippen LogP contribution >= 0.6 is 0 Å². The van der Waals surface area contributed by atoms with E-state index in [-0.39, 0.29) is 11.4 Å². The van der Waals surface area contributed by atoms with Crippen molar-refractivity contribution in [1.82, 2.24) is 5.32 Å². The highest BCUT2D eigenvalue weighted by Gasteiger charge is 2.36. The number of esters is 1. The average Bonchev–Trinajstić information content (AvgIpc) is 2.26. The van der Waals surface area contributed by atoms with Crippen LogP contribution in [0.25, 0.3) is 0 Å². The Balaban J connectivity index is 3.39. The second kappa shape index (κ2) is 4.83. The molecule has 0 saturated heterocycles. The molecule has 1 unspecified atom stereocenters. The first-order chi connectivity index (χ1) is 7.93. The normalized spacial score (nSPS) is 19.6. The van der Waals surface area contributed by atoms with E-state index in [4.69, 9.17) is 5.26 Å². The number of methoxy groups -OCH3 is 1. The molecule has 0 aliphatic carbocycles. The number of hydrogen-bond acceptors (Lipinski definition) is 5. The molecule has 5 heteroatoms. The van der Waals surface area contributed by atoms with Crippen LogP contribution in [0, 0.1) is 17.2 Å². The number of carbonyl (C=O) groups excluding carboxylic acids is 2. The number of nitriles is 1. The molecule has 1 aliphatic rings. The molecule has 1 N–H and O–H groups in total. The Kier molecular flexibility index (Phi) is 3.69. The van der Waals surface area contributed by atoms with Gasteiger partial charge in [-0.3, -0.25) is 9.59 Å². The predicted molar refractivity (Wildman–Crippen MR) is 60.3 cm³/mol. The fourth-order valence-corrected chi connectivity index (χ4v) is 1.96. The summed E-state index contributed by atoms with van der Waals surface area (Å²) in [5.74, 6) is -1.75. The molecule has 1 heterocycles. The van der Waals surface area contributed by atoms with Crippen LogP contribution in [0.5, 0.6) is 0 Å². The van der Waals surface area contributed by atoms with Gasteiger partial charge in [0, 0.05) is 17.0 Å². The van der Waals surface area contributed by atoms with E-state index in [9.17, 15) is 9.59 Å². The molecule has 0 saturated carbocycles. The lowest BCUT2D eigenvalue weighted by Crippen LogP contribution is -2.33. The van der Waals surface area contributed by atoms with Gasteiger partial charge in [0.15, 0.2) is 5.78 Å². The van der Waals surface area contributed by atoms with E-state index in [1.54, 1.807) is 13.8 Å². The summed E-state index contributed by atoms with van der Waals surface area (Å²) in [5, 5.41) is 12.0. The monoisotopic (exact) mass is 234 g/mol. The summed E-state index contributed by atoms with van der Waals surface area (Å²) >= 11 is 0. The van der Waals surface area contributed by atoms with Crippen molar-refractivity contribution in [2.75, 3.05) is 7.11 Å². The lowest BCUT2D eigenvalue weighted by atomic mass is 9.84. The molecule has 1 rings (SSSR count). The summed E-state index contributed by atoms with van der Waals surface area (Å²) in [7, 11) is 1.24. The molecule has 90 valence electrons. The van der Waals surface area contributed by atoms with Gasteiger partial charge in [-0.2, -0.15) is 5.26 Å². The predicted octanol–water partition coefficient (Wildman–Crippen LogP) is 1.04. The van der Waals surface area contributed by atoms with Crippen LogP contribution in [-0.4, -0.2) is 18.9 Å². The van der Waals surface area contributed by atoms with Crippen LogP contribution in [0.15, 0.2) is 22.5 Å². The number of allylic oxidation sites excluding steroid dienone is 2. The average molecular weight is 234 g/mol. The van der Waals surface area contributed by atoms with Crippen LogP contribution in [0.1, 0.15) is 20.8 Å². The lowest BCUT2D eigenvalue weighted by Gasteiger charge is -2.26. The van der Waals surface area contributed by atoms with Crippen LogP contribution in [0.2, 0.25) is 0 Å². The zero-order valence-electron chi connectivity index (χ0n) is 10.2. The molecule has 0 radical (unpaired) electrons. The highest BCUT2D eigenvalue weighted by Crippen LogP contribution is 2.30. The number of ketones is 1. The molecule has 17 heavy (non-hydrogen) atoms. The molecule has 5 nitrogen and oxygen atoms in total. The quantitative estimate of drug-likeness (QED) is 0.722. The zero-order valence-corrected chi connectivity index (χ0v) is 10.2. The SMILES string of the molecule is COC(=O)C1C(C#N)=C(C)NC(C)=C1C(C)=O. The Morgan fingerprint density at radius 2 is 1.94 bits per heavy atom. The standard InChI is InChI=1S/C12H14N2O3/c1-6-9(5-13)11(12(16)17-4)10(8(3)15)7(2)14-6/h11,14H,1-4H3. The Labute approximate surface area is 99.7 Å². The molecule has 0 aromatic heterocycles. The largest absolute Gasteiger partial charge is 0.468 e. The Morgan fingerprint density at radius 3 is 2.35 bits per heavy atom. The maximum atomic E-state index is 11.7. The molecule has 0 fully saturated rings. The van der Waals surface area contributed by atoms with Crippen molar-refractivity contribution in [3.63, 3.8) is 0 Å². The molecule has 1 aliphatic heterocycles. The van der Waals surface area contributed by atoms with Crippen LogP contribution in [0.3, 0.4) is 0 Å². The van der Waals surface area contributed by atoms with Crippen molar-refractivity contribution in [3.8, 4) is 6.07 Å². The lowest BCUT2D eigenvalue weighted by molar-refractivity contribution is -0.143. The minimum atomic E-state index is -0.913. The number of nitrogens with one attached hydrogen (secondary N) is 1.